The van der Waals surface area contributed by atoms with E-state index >= 15 is 0 Å². The van der Waals surface area contributed by atoms with Gasteiger partial charge < -0.3 is 0 Å². The third-order valence-corrected chi connectivity index (χ3v) is 3.32. The third-order valence-electron chi connectivity index (χ3n) is 3.32. The van der Waals surface area contributed by atoms with Crippen LogP contribution in [-0.2, 0) is 6.54 Å². The van der Waals surface area contributed by atoms with Gasteiger partial charge in [-0.05, 0) is 17.9 Å². The van der Waals surface area contributed by atoms with Crippen LogP contribution < -0.4 is 0 Å². The zero-order valence-corrected chi connectivity index (χ0v) is 8.26. The lowest BCUT2D eigenvalue weighted by molar-refractivity contribution is 0.271. The molecule has 1 aliphatic heterocycles. The van der Waals surface area contributed by atoms with E-state index in [4.69, 9.17) is 0 Å². The van der Waals surface area contributed by atoms with E-state index in [9.17, 15) is 0 Å². The highest BCUT2D eigenvalue weighted by Gasteiger charge is 2.32. The minimum Gasteiger partial charge on any atom is -0.292 e. The Morgan fingerprint density at radius 1 is 1.14 bits per heavy atom. The van der Waals surface area contributed by atoms with Gasteiger partial charge in [-0.2, -0.15) is 0 Å². The van der Waals surface area contributed by atoms with Gasteiger partial charge in [0.25, 0.3) is 0 Å². The van der Waals surface area contributed by atoms with Crippen molar-refractivity contribution >= 4 is 0 Å². The minimum atomic E-state index is 0.722. The van der Waals surface area contributed by atoms with Gasteiger partial charge in [-0.15, -0.1) is 0 Å². The average Bonchev–Trinajstić information content (AvgIpc) is 2.81. The highest BCUT2D eigenvalue weighted by Crippen LogP contribution is 2.32. The SMILES string of the molecule is C1=C[C@H]2C[C@H]1CN2Cc1ccccc1. The predicted octanol–water partition coefficient (Wildman–Crippen LogP) is 2.45. The van der Waals surface area contributed by atoms with Gasteiger partial charge in [-0.1, -0.05) is 42.5 Å². The number of hydrogen-bond acceptors (Lipinski definition) is 1. The first-order valence-corrected chi connectivity index (χ1v) is 5.38. The molecule has 0 spiro atoms. The molecular weight excluding hydrogens is 170 g/mol. The minimum absolute atomic E-state index is 0.722. The van der Waals surface area contributed by atoms with Crippen molar-refractivity contribution in [2.45, 2.75) is 19.0 Å². The molecule has 2 aliphatic rings. The summed E-state index contributed by atoms with van der Waals surface area (Å²) in [6.07, 6.45) is 6.11. The van der Waals surface area contributed by atoms with Crippen molar-refractivity contribution in [1.29, 1.82) is 0 Å². The maximum Gasteiger partial charge on any atom is 0.0288 e. The molecule has 1 saturated heterocycles. The highest BCUT2D eigenvalue weighted by molar-refractivity contribution is 5.18. The van der Waals surface area contributed by atoms with Gasteiger partial charge >= 0.3 is 0 Å². The molecule has 1 fully saturated rings. The standard InChI is InChI=1S/C13H15N/c1-2-4-11(5-3-1)9-14-10-12-6-7-13(14)8-12/h1-7,12-13H,8-10H2/t12-,13-/m0/s1. The van der Waals surface area contributed by atoms with Crippen molar-refractivity contribution in [2.75, 3.05) is 6.54 Å². The molecule has 0 N–H and O–H groups in total. The van der Waals surface area contributed by atoms with Crippen LogP contribution in [0.4, 0.5) is 0 Å². The topological polar surface area (TPSA) is 3.24 Å². The summed E-state index contributed by atoms with van der Waals surface area (Å²) < 4.78 is 0. The fourth-order valence-corrected chi connectivity index (χ4v) is 2.60. The van der Waals surface area contributed by atoms with Crippen LogP contribution in [0.3, 0.4) is 0 Å². The van der Waals surface area contributed by atoms with Crippen LogP contribution in [0.5, 0.6) is 0 Å². The molecule has 0 unspecified atom stereocenters. The van der Waals surface area contributed by atoms with E-state index in [1.54, 1.807) is 0 Å². The second kappa shape index (κ2) is 3.25. The molecule has 0 saturated carbocycles. The summed E-state index contributed by atoms with van der Waals surface area (Å²) in [6, 6.07) is 11.5. The van der Waals surface area contributed by atoms with Crippen LogP contribution in [0.25, 0.3) is 0 Å². The number of rotatable bonds is 2. The molecule has 1 aromatic carbocycles. The molecule has 1 nitrogen and oxygen atoms in total. The Bertz CT molecular complexity index is 342. The summed E-state index contributed by atoms with van der Waals surface area (Å²) in [5, 5.41) is 0. The second-order valence-corrected chi connectivity index (χ2v) is 4.36. The maximum absolute atomic E-state index is 2.58. The summed E-state index contributed by atoms with van der Waals surface area (Å²) >= 11 is 0. The zero-order valence-electron chi connectivity index (χ0n) is 8.26. The molecule has 1 heteroatoms. The fraction of sp³-hybridized carbons (Fsp3) is 0.385. The van der Waals surface area contributed by atoms with E-state index < -0.39 is 0 Å². The quantitative estimate of drug-likeness (QED) is 0.640. The van der Waals surface area contributed by atoms with Crippen LogP contribution in [-0.4, -0.2) is 17.5 Å². The third kappa shape index (κ3) is 1.38. The Labute approximate surface area is 85.0 Å². The fourth-order valence-electron chi connectivity index (χ4n) is 2.60. The zero-order chi connectivity index (χ0) is 9.38. The van der Waals surface area contributed by atoms with E-state index in [2.05, 4.69) is 47.4 Å². The second-order valence-electron chi connectivity index (χ2n) is 4.36. The molecule has 14 heavy (non-hydrogen) atoms. The van der Waals surface area contributed by atoms with Gasteiger partial charge in [0.2, 0.25) is 0 Å². The Morgan fingerprint density at radius 2 is 2.00 bits per heavy atom. The first-order valence-electron chi connectivity index (χ1n) is 5.38. The van der Waals surface area contributed by atoms with Crippen LogP contribution in [0, 0.1) is 5.92 Å². The van der Waals surface area contributed by atoms with Crippen LogP contribution in [0.15, 0.2) is 42.5 Å². The molecule has 1 aliphatic carbocycles. The lowest BCUT2D eigenvalue weighted by Crippen LogP contribution is -2.28. The van der Waals surface area contributed by atoms with Gasteiger partial charge in [0.05, 0.1) is 0 Å². The van der Waals surface area contributed by atoms with Gasteiger partial charge in [0.15, 0.2) is 0 Å². The summed E-state index contributed by atoms with van der Waals surface area (Å²) in [5.41, 5.74) is 1.44. The number of fused-ring (bicyclic) bond motifs is 2. The van der Waals surface area contributed by atoms with Gasteiger partial charge in [0, 0.05) is 19.1 Å². The molecule has 2 bridgehead atoms. The van der Waals surface area contributed by atoms with Crippen molar-refractivity contribution in [3.8, 4) is 0 Å². The predicted molar refractivity (Wildman–Crippen MR) is 57.9 cm³/mol. The molecule has 0 radical (unpaired) electrons. The smallest absolute Gasteiger partial charge is 0.0288 e. The van der Waals surface area contributed by atoms with E-state index in [0.29, 0.717) is 0 Å². The lowest BCUT2D eigenvalue weighted by atomic mass is 10.1. The molecule has 3 rings (SSSR count). The Kier molecular flexibility index (Phi) is 1.91. The largest absolute Gasteiger partial charge is 0.292 e. The maximum atomic E-state index is 2.58. The molecule has 0 aromatic heterocycles. The summed E-state index contributed by atoms with van der Waals surface area (Å²) in [4.78, 5) is 2.58. The summed E-state index contributed by atoms with van der Waals surface area (Å²) in [6.45, 7) is 2.38. The number of hydrogen-bond donors (Lipinski definition) is 0. The average molecular weight is 185 g/mol. The Balaban J connectivity index is 1.72. The van der Waals surface area contributed by atoms with Crippen LogP contribution >= 0.6 is 0 Å². The number of likely N-dealkylation sites (tertiary alicyclic amines) is 1. The van der Waals surface area contributed by atoms with Crippen LogP contribution in [0.2, 0.25) is 0 Å². The van der Waals surface area contributed by atoms with Gasteiger partial charge in [-0.3, -0.25) is 4.90 Å². The van der Waals surface area contributed by atoms with Crippen LogP contribution in [0.1, 0.15) is 12.0 Å². The molecule has 0 amide bonds. The number of benzene rings is 1. The lowest BCUT2D eigenvalue weighted by Gasteiger charge is -2.23. The Hall–Kier alpha value is -1.08. The van der Waals surface area contributed by atoms with Crippen molar-refractivity contribution in [1.82, 2.24) is 4.90 Å². The van der Waals surface area contributed by atoms with E-state index in [1.807, 2.05) is 0 Å². The molecule has 2 atom stereocenters. The van der Waals surface area contributed by atoms with E-state index in [1.165, 1.54) is 18.5 Å². The molecule has 1 heterocycles. The Morgan fingerprint density at radius 3 is 2.64 bits per heavy atom. The van der Waals surface area contributed by atoms with E-state index in [-0.39, 0.29) is 0 Å². The van der Waals surface area contributed by atoms with E-state index in [0.717, 1.165) is 18.5 Å². The molecule has 1 aromatic rings. The highest BCUT2D eigenvalue weighted by atomic mass is 15.2. The van der Waals surface area contributed by atoms with Crippen molar-refractivity contribution in [3.05, 3.63) is 48.0 Å². The van der Waals surface area contributed by atoms with Gasteiger partial charge in [0.1, 0.15) is 0 Å². The summed E-state index contributed by atoms with van der Waals surface area (Å²) in [5.74, 6) is 0.837. The summed E-state index contributed by atoms with van der Waals surface area (Å²) in [7, 11) is 0. The molecule has 72 valence electrons. The van der Waals surface area contributed by atoms with Crippen molar-refractivity contribution in [2.24, 2.45) is 5.92 Å². The van der Waals surface area contributed by atoms with Crippen molar-refractivity contribution in [3.63, 3.8) is 0 Å². The molecular formula is C13H15N. The monoisotopic (exact) mass is 185 g/mol. The number of nitrogens with zero attached hydrogens (tertiary/aromatic N) is 1. The first kappa shape index (κ1) is 8.25. The van der Waals surface area contributed by atoms with Gasteiger partial charge in [-0.25, -0.2) is 0 Å². The first-order chi connectivity index (χ1) is 6.92. The van der Waals surface area contributed by atoms with Crippen molar-refractivity contribution < 1.29 is 0 Å². The normalized spacial score (nSPS) is 30.0.